The highest BCUT2D eigenvalue weighted by molar-refractivity contribution is 7.12. The molecule has 0 aliphatic rings. The number of H-pyrrole nitrogens is 1. The highest BCUT2D eigenvalue weighted by Crippen LogP contribution is 2.26. The largest absolute Gasteiger partial charge is 0.433 e. The number of aromatic nitrogens is 2. The van der Waals surface area contributed by atoms with E-state index < -0.39 is 12.5 Å². The van der Waals surface area contributed by atoms with Gasteiger partial charge in [0.25, 0.3) is 5.91 Å². The Morgan fingerprint density at radius 1 is 1.63 bits per heavy atom. The number of nitrogens with zero attached hydrogens (tertiary/aromatic N) is 1. The molecule has 0 saturated heterocycles. The summed E-state index contributed by atoms with van der Waals surface area (Å²) in [5.74, 6) is -0.562. The maximum atomic E-state index is 12.1. The summed E-state index contributed by atoms with van der Waals surface area (Å²) in [6.07, 6.45) is 1.60. The molecule has 0 atom stereocenters. The second kappa shape index (κ2) is 5.79. The predicted molar refractivity (Wildman–Crippen MR) is 65.4 cm³/mol. The Morgan fingerprint density at radius 2 is 2.42 bits per heavy atom. The summed E-state index contributed by atoms with van der Waals surface area (Å²) in [7, 11) is 0. The van der Waals surface area contributed by atoms with Crippen LogP contribution in [-0.2, 0) is 6.54 Å². The first-order chi connectivity index (χ1) is 9.08. The third-order valence-electron chi connectivity index (χ3n) is 2.43. The minimum Gasteiger partial charge on any atom is -0.433 e. The maximum Gasteiger partial charge on any atom is 0.387 e. The molecule has 102 valence electrons. The summed E-state index contributed by atoms with van der Waals surface area (Å²) in [4.78, 5) is 12.0. The number of halogens is 2. The van der Waals surface area contributed by atoms with Crippen molar-refractivity contribution in [2.45, 2.75) is 20.1 Å². The first-order valence-electron chi connectivity index (χ1n) is 5.37. The van der Waals surface area contributed by atoms with Gasteiger partial charge in [0.2, 0.25) is 0 Å². The zero-order valence-electron chi connectivity index (χ0n) is 9.94. The summed E-state index contributed by atoms with van der Waals surface area (Å²) in [5, 5.41) is 10.7. The molecule has 0 aliphatic carbocycles. The average molecular weight is 287 g/mol. The molecule has 0 saturated carbocycles. The standard InChI is InChI=1S/C11H11F2N3O2S/c1-6-7(5-15-16-6)4-14-10(17)9-8(2-3-19-9)18-11(12)13/h2-3,5,11H,4H2,1H3,(H,14,17)(H,15,16). The Bertz CT molecular complexity index is 568. The number of carbonyl (C=O) groups excluding carboxylic acids is 1. The van der Waals surface area contributed by atoms with Crippen LogP contribution in [0.3, 0.4) is 0 Å². The second-order valence-corrected chi connectivity index (χ2v) is 4.61. The van der Waals surface area contributed by atoms with E-state index in [0.29, 0.717) is 0 Å². The van der Waals surface area contributed by atoms with E-state index in [1.807, 2.05) is 6.92 Å². The lowest BCUT2D eigenvalue weighted by molar-refractivity contribution is -0.0498. The molecule has 2 N–H and O–H groups in total. The average Bonchev–Trinajstić information content (AvgIpc) is 2.95. The van der Waals surface area contributed by atoms with Crippen LogP contribution < -0.4 is 10.1 Å². The van der Waals surface area contributed by atoms with Crippen molar-refractivity contribution in [3.8, 4) is 5.75 Å². The summed E-state index contributed by atoms with van der Waals surface area (Å²) in [6, 6.07) is 1.34. The number of alkyl halides is 2. The molecule has 0 aliphatic heterocycles. The fourth-order valence-corrected chi connectivity index (χ4v) is 2.20. The van der Waals surface area contributed by atoms with Crippen LogP contribution in [0.15, 0.2) is 17.6 Å². The van der Waals surface area contributed by atoms with Gasteiger partial charge in [-0.2, -0.15) is 13.9 Å². The van der Waals surface area contributed by atoms with Crippen LogP contribution in [0.4, 0.5) is 8.78 Å². The molecule has 0 aromatic carbocycles. The topological polar surface area (TPSA) is 67.0 Å². The fraction of sp³-hybridized carbons (Fsp3) is 0.273. The molecule has 2 rings (SSSR count). The predicted octanol–water partition coefficient (Wildman–Crippen LogP) is 2.31. The van der Waals surface area contributed by atoms with Gasteiger partial charge in [0, 0.05) is 17.8 Å². The number of nitrogens with one attached hydrogen (secondary N) is 2. The molecule has 0 bridgehead atoms. The molecular weight excluding hydrogens is 276 g/mol. The van der Waals surface area contributed by atoms with Crippen molar-refractivity contribution in [1.82, 2.24) is 15.5 Å². The molecule has 0 radical (unpaired) electrons. The zero-order valence-corrected chi connectivity index (χ0v) is 10.8. The zero-order chi connectivity index (χ0) is 13.8. The van der Waals surface area contributed by atoms with Gasteiger partial charge < -0.3 is 10.1 Å². The smallest absolute Gasteiger partial charge is 0.387 e. The number of hydrogen-bond donors (Lipinski definition) is 2. The highest BCUT2D eigenvalue weighted by atomic mass is 32.1. The third kappa shape index (κ3) is 3.28. The van der Waals surface area contributed by atoms with E-state index in [-0.39, 0.29) is 17.2 Å². The molecule has 0 fully saturated rings. The number of amides is 1. The Kier molecular flexibility index (Phi) is 4.10. The van der Waals surface area contributed by atoms with E-state index in [2.05, 4.69) is 20.3 Å². The van der Waals surface area contributed by atoms with Gasteiger partial charge in [-0.05, 0) is 18.4 Å². The van der Waals surface area contributed by atoms with Crippen molar-refractivity contribution in [2.24, 2.45) is 0 Å². The van der Waals surface area contributed by atoms with Crippen LogP contribution in [0.2, 0.25) is 0 Å². The van der Waals surface area contributed by atoms with Crippen LogP contribution in [0.1, 0.15) is 20.9 Å². The highest BCUT2D eigenvalue weighted by Gasteiger charge is 2.17. The minimum atomic E-state index is -2.95. The summed E-state index contributed by atoms with van der Waals surface area (Å²) < 4.78 is 28.5. The molecular formula is C11H11F2N3O2S. The molecule has 2 heterocycles. The van der Waals surface area contributed by atoms with Crippen molar-refractivity contribution >= 4 is 17.2 Å². The van der Waals surface area contributed by atoms with Gasteiger partial charge in [-0.1, -0.05) is 0 Å². The summed E-state index contributed by atoms with van der Waals surface area (Å²) in [5.41, 5.74) is 1.68. The van der Waals surface area contributed by atoms with Gasteiger partial charge in [-0.25, -0.2) is 0 Å². The second-order valence-electron chi connectivity index (χ2n) is 3.70. The maximum absolute atomic E-state index is 12.1. The van der Waals surface area contributed by atoms with Crippen LogP contribution in [0.5, 0.6) is 5.75 Å². The van der Waals surface area contributed by atoms with Crippen LogP contribution >= 0.6 is 11.3 Å². The number of rotatable bonds is 5. The first-order valence-corrected chi connectivity index (χ1v) is 6.25. The van der Waals surface area contributed by atoms with Gasteiger partial charge >= 0.3 is 6.61 Å². The quantitative estimate of drug-likeness (QED) is 0.886. The number of hydrogen-bond acceptors (Lipinski definition) is 4. The molecule has 0 spiro atoms. The van der Waals surface area contributed by atoms with Crippen molar-refractivity contribution in [3.63, 3.8) is 0 Å². The van der Waals surface area contributed by atoms with Gasteiger partial charge in [0.15, 0.2) is 0 Å². The van der Waals surface area contributed by atoms with Gasteiger partial charge in [0.1, 0.15) is 10.6 Å². The van der Waals surface area contributed by atoms with Crippen molar-refractivity contribution in [2.75, 3.05) is 0 Å². The van der Waals surface area contributed by atoms with Gasteiger partial charge in [-0.3, -0.25) is 9.89 Å². The molecule has 2 aromatic heterocycles. The molecule has 5 nitrogen and oxygen atoms in total. The number of ether oxygens (including phenoxy) is 1. The van der Waals surface area contributed by atoms with Crippen molar-refractivity contribution < 1.29 is 18.3 Å². The number of aromatic amines is 1. The van der Waals surface area contributed by atoms with Crippen molar-refractivity contribution in [1.29, 1.82) is 0 Å². The van der Waals surface area contributed by atoms with Crippen LogP contribution in [0.25, 0.3) is 0 Å². The van der Waals surface area contributed by atoms with E-state index in [0.717, 1.165) is 22.6 Å². The first kappa shape index (κ1) is 13.5. The Hall–Kier alpha value is -1.96. The van der Waals surface area contributed by atoms with Crippen LogP contribution in [-0.4, -0.2) is 22.7 Å². The van der Waals surface area contributed by atoms with Crippen LogP contribution in [0, 0.1) is 6.92 Å². The SMILES string of the molecule is Cc1[nH]ncc1CNC(=O)c1sccc1OC(F)F. The van der Waals surface area contributed by atoms with Gasteiger partial charge in [-0.15, -0.1) is 11.3 Å². The monoisotopic (exact) mass is 287 g/mol. The van der Waals surface area contributed by atoms with E-state index in [4.69, 9.17) is 0 Å². The lowest BCUT2D eigenvalue weighted by Gasteiger charge is -2.06. The van der Waals surface area contributed by atoms with E-state index in [1.54, 1.807) is 6.20 Å². The molecule has 19 heavy (non-hydrogen) atoms. The van der Waals surface area contributed by atoms with Gasteiger partial charge in [0.05, 0.1) is 6.20 Å². The Labute approximate surface area is 111 Å². The normalized spacial score (nSPS) is 10.7. The number of thiophene rings is 1. The van der Waals surface area contributed by atoms with E-state index >= 15 is 0 Å². The fourth-order valence-electron chi connectivity index (χ4n) is 1.46. The number of carbonyl (C=O) groups is 1. The molecule has 8 heteroatoms. The molecule has 1 amide bonds. The summed E-state index contributed by atoms with van der Waals surface area (Å²) in [6.45, 7) is -0.852. The molecule has 0 unspecified atom stereocenters. The van der Waals surface area contributed by atoms with E-state index in [1.165, 1.54) is 11.4 Å². The lowest BCUT2D eigenvalue weighted by Crippen LogP contribution is -2.22. The van der Waals surface area contributed by atoms with E-state index in [9.17, 15) is 13.6 Å². The Balaban J connectivity index is 2.00. The molecule has 2 aromatic rings. The van der Waals surface area contributed by atoms with Crippen molar-refractivity contribution in [3.05, 3.63) is 33.8 Å². The summed E-state index contributed by atoms with van der Waals surface area (Å²) >= 11 is 1.05. The number of aryl methyl sites for hydroxylation is 1. The third-order valence-corrected chi connectivity index (χ3v) is 3.32. The minimum absolute atomic E-state index is 0.110. The Morgan fingerprint density at radius 3 is 3.05 bits per heavy atom. The lowest BCUT2D eigenvalue weighted by atomic mass is 10.2.